The lowest BCUT2D eigenvalue weighted by Crippen LogP contribution is -2.64. The molecule has 278 valence electrons. The second kappa shape index (κ2) is 17.9. The van der Waals surface area contributed by atoms with Crippen LogP contribution in [0.5, 0.6) is 0 Å². The molecule has 52 heavy (non-hydrogen) atoms. The first-order valence-corrected chi connectivity index (χ1v) is 18.3. The SMILES string of the molecule is CC(C)C[C@H](NC(=O)[C@@](C)(Cc1ccncc1)NC(=O)[C@H](CCc1ccccc1)NC(=O)Cc1ccc(CN2CCOCC2)cc1)C(=O)[C@@]1(C)CO1. The van der Waals surface area contributed by atoms with Crippen molar-refractivity contribution < 1.29 is 28.7 Å². The van der Waals surface area contributed by atoms with E-state index >= 15 is 0 Å². The maximum atomic E-state index is 14.2. The molecule has 0 radical (unpaired) electrons. The Balaban J connectivity index is 1.32. The summed E-state index contributed by atoms with van der Waals surface area (Å²) in [6, 6.07) is 19.6. The Morgan fingerprint density at radius 2 is 1.52 bits per heavy atom. The van der Waals surface area contributed by atoms with Gasteiger partial charge in [0.15, 0.2) is 5.78 Å². The van der Waals surface area contributed by atoms with Gasteiger partial charge in [-0.1, -0.05) is 68.4 Å². The lowest BCUT2D eigenvalue weighted by Gasteiger charge is -2.34. The minimum Gasteiger partial charge on any atom is -0.379 e. The molecular weight excluding hydrogens is 658 g/mol. The number of pyridine rings is 1. The highest BCUT2D eigenvalue weighted by Gasteiger charge is 2.51. The van der Waals surface area contributed by atoms with Crippen molar-refractivity contribution >= 4 is 23.5 Å². The highest BCUT2D eigenvalue weighted by atomic mass is 16.6. The molecule has 5 rings (SSSR count). The van der Waals surface area contributed by atoms with E-state index in [0.717, 1.165) is 55.1 Å². The monoisotopic (exact) mass is 711 g/mol. The number of carbonyl (C=O) groups is 4. The molecule has 2 aliphatic rings. The van der Waals surface area contributed by atoms with Gasteiger partial charge in [0, 0.05) is 38.4 Å². The smallest absolute Gasteiger partial charge is 0.246 e. The normalized spacial score (nSPS) is 19.6. The Bertz CT molecular complexity index is 1640. The summed E-state index contributed by atoms with van der Waals surface area (Å²) in [5.41, 5.74) is 1.40. The van der Waals surface area contributed by atoms with Gasteiger partial charge in [0.05, 0.1) is 32.3 Å². The van der Waals surface area contributed by atoms with E-state index in [-0.39, 0.29) is 30.4 Å². The van der Waals surface area contributed by atoms with Crippen LogP contribution in [0.1, 0.15) is 62.8 Å². The molecule has 0 unspecified atom stereocenters. The van der Waals surface area contributed by atoms with Crippen molar-refractivity contribution in [1.29, 1.82) is 0 Å². The lowest BCUT2D eigenvalue weighted by atomic mass is 9.88. The number of nitrogens with zero attached hydrogens (tertiary/aromatic N) is 2. The van der Waals surface area contributed by atoms with Gasteiger partial charge in [0.2, 0.25) is 17.7 Å². The molecule has 0 bridgehead atoms. The van der Waals surface area contributed by atoms with Crippen LogP contribution in [0.2, 0.25) is 0 Å². The number of ether oxygens (including phenoxy) is 2. The number of ketones is 1. The Hall–Kier alpha value is -4.45. The van der Waals surface area contributed by atoms with Gasteiger partial charge < -0.3 is 25.4 Å². The van der Waals surface area contributed by atoms with Crippen molar-refractivity contribution in [3.63, 3.8) is 0 Å². The van der Waals surface area contributed by atoms with E-state index in [1.54, 1.807) is 38.4 Å². The Kier molecular flexibility index (Phi) is 13.3. The Morgan fingerprint density at radius 3 is 2.15 bits per heavy atom. The van der Waals surface area contributed by atoms with E-state index in [1.165, 1.54) is 0 Å². The zero-order valence-corrected chi connectivity index (χ0v) is 30.9. The van der Waals surface area contributed by atoms with Crippen molar-refractivity contribution in [1.82, 2.24) is 25.8 Å². The molecule has 3 N–H and O–H groups in total. The average Bonchev–Trinajstić information content (AvgIpc) is 3.89. The Morgan fingerprint density at radius 1 is 0.865 bits per heavy atom. The van der Waals surface area contributed by atoms with Crippen molar-refractivity contribution in [2.24, 2.45) is 5.92 Å². The quantitative estimate of drug-likeness (QED) is 0.170. The molecule has 1 aromatic heterocycles. The van der Waals surface area contributed by atoms with Crippen LogP contribution in [0.3, 0.4) is 0 Å². The number of aromatic nitrogens is 1. The molecule has 0 saturated carbocycles. The largest absolute Gasteiger partial charge is 0.379 e. The number of carbonyl (C=O) groups excluding carboxylic acids is 4. The molecule has 0 aliphatic carbocycles. The van der Waals surface area contributed by atoms with Crippen LogP contribution in [0.15, 0.2) is 79.1 Å². The second-order valence-corrected chi connectivity index (χ2v) is 14.9. The summed E-state index contributed by atoms with van der Waals surface area (Å²) < 4.78 is 10.9. The topological polar surface area (TPSA) is 142 Å². The maximum Gasteiger partial charge on any atom is 0.246 e. The molecular formula is C41H53N5O6. The standard InChI is InChI=1S/C41H53N5O6/c1-29(2)24-35(37(48)41(4)28-52-41)44-39(50)40(3,26-32-16-18-42-19-17-32)45-38(49)34(15-14-30-8-6-5-7-9-30)43-36(47)25-31-10-12-33(13-11-31)27-46-20-22-51-23-21-46/h5-13,16-19,29,34-35H,14-15,20-28H2,1-4H3,(H,43,47)(H,44,50)(H,45,49)/t34-,35-,40+,41+/m0/s1. The fraction of sp³-hybridized carbons (Fsp3) is 0.488. The summed E-state index contributed by atoms with van der Waals surface area (Å²) >= 11 is 0. The number of hydrogen-bond donors (Lipinski definition) is 3. The van der Waals surface area contributed by atoms with Gasteiger partial charge in [-0.2, -0.15) is 0 Å². The molecule has 11 heteroatoms. The third-order valence-corrected chi connectivity index (χ3v) is 9.75. The average molecular weight is 712 g/mol. The van der Waals surface area contributed by atoms with E-state index in [0.29, 0.717) is 25.9 Å². The lowest BCUT2D eigenvalue weighted by molar-refractivity contribution is -0.137. The molecule has 3 aromatic rings. The van der Waals surface area contributed by atoms with E-state index in [2.05, 4.69) is 25.8 Å². The summed E-state index contributed by atoms with van der Waals surface area (Å²) in [5.74, 6) is -1.34. The summed E-state index contributed by atoms with van der Waals surface area (Å²) in [7, 11) is 0. The third kappa shape index (κ3) is 11.3. The number of nitrogens with one attached hydrogen (secondary N) is 3. The molecule has 3 heterocycles. The van der Waals surface area contributed by atoms with Crippen LogP contribution in [0.25, 0.3) is 0 Å². The van der Waals surface area contributed by atoms with Crippen LogP contribution in [0, 0.1) is 5.92 Å². The number of Topliss-reactive ketones (excluding diaryl/α,β-unsaturated/α-hetero) is 1. The molecule has 3 amide bonds. The van der Waals surface area contributed by atoms with Gasteiger partial charge in [-0.3, -0.25) is 29.1 Å². The molecule has 2 aliphatic heterocycles. The summed E-state index contributed by atoms with van der Waals surface area (Å²) in [4.78, 5) is 61.8. The van der Waals surface area contributed by atoms with Crippen LogP contribution in [-0.4, -0.2) is 89.5 Å². The van der Waals surface area contributed by atoms with Gasteiger partial charge >= 0.3 is 0 Å². The number of morpholine rings is 1. The van der Waals surface area contributed by atoms with Crippen LogP contribution in [-0.2, 0) is 54.5 Å². The maximum absolute atomic E-state index is 14.2. The van der Waals surface area contributed by atoms with Gasteiger partial charge in [-0.15, -0.1) is 0 Å². The number of benzene rings is 2. The second-order valence-electron chi connectivity index (χ2n) is 14.9. The zero-order chi connectivity index (χ0) is 37.1. The predicted octanol–water partition coefficient (Wildman–Crippen LogP) is 3.58. The van der Waals surface area contributed by atoms with Crippen LogP contribution >= 0.6 is 0 Å². The van der Waals surface area contributed by atoms with E-state index in [1.807, 2.05) is 68.4 Å². The van der Waals surface area contributed by atoms with Gasteiger partial charge in [0.25, 0.3) is 0 Å². The first-order valence-electron chi connectivity index (χ1n) is 18.3. The van der Waals surface area contributed by atoms with E-state index in [4.69, 9.17) is 9.47 Å². The third-order valence-electron chi connectivity index (χ3n) is 9.75. The fourth-order valence-electron chi connectivity index (χ4n) is 6.52. The minimum atomic E-state index is -1.47. The summed E-state index contributed by atoms with van der Waals surface area (Å²) in [5, 5.41) is 8.94. The summed E-state index contributed by atoms with van der Waals surface area (Å²) in [6.07, 6.45) is 4.77. The number of hydrogen-bond acceptors (Lipinski definition) is 8. The number of epoxide rings is 1. The predicted molar refractivity (Wildman–Crippen MR) is 198 cm³/mol. The van der Waals surface area contributed by atoms with Crippen LogP contribution in [0.4, 0.5) is 0 Å². The van der Waals surface area contributed by atoms with Gasteiger partial charge in [0.1, 0.15) is 17.2 Å². The molecule has 2 fully saturated rings. The van der Waals surface area contributed by atoms with Gasteiger partial charge in [-0.05, 0) is 73.4 Å². The van der Waals surface area contributed by atoms with Gasteiger partial charge in [-0.25, -0.2) is 0 Å². The highest BCUT2D eigenvalue weighted by molar-refractivity contribution is 6.00. The van der Waals surface area contributed by atoms with E-state index < -0.39 is 35.0 Å². The number of amides is 3. The minimum absolute atomic E-state index is 0.0988. The first kappa shape index (κ1) is 38.8. The molecule has 2 saturated heterocycles. The molecule has 2 aromatic carbocycles. The van der Waals surface area contributed by atoms with E-state index in [9.17, 15) is 19.2 Å². The Labute approximate surface area is 307 Å². The fourth-order valence-corrected chi connectivity index (χ4v) is 6.52. The molecule has 11 nitrogen and oxygen atoms in total. The summed E-state index contributed by atoms with van der Waals surface area (Å²) in [6.45, 7) is 11.7. The molecule has 4 atom stereocenters. The highest BCUT2D eigenvalue weighted by Crippen LogP contribution is 2.30. The van der Waals surface area contributed by atoms with Crippen molar-refractivity contribution in [3.05, 3.63) is 101 Å². The van der Waals surface area contributed by atoms with Crippen LogP contribution < -0.4 is 16.0 Å². The van der Waals surface area contributed by atoms with Crippen molar-refractivity contribution in [3.8, 4) is 0 Å². The first-order chi connectivity index (χ1) is 24.9. The number of aryl methyl sites for hydroxylation is 1. The zero-order valence-electron chi connectivity index (χ0n) is 30.9. The van der Waals surface area contributed by atoms with Crippen molar-refractivity contribution in [2.45, 2.75) is 89.6 Å². The number of rotatable bonds is 18. The van der Waals surface area contributed by atoms with Crippen molar-refractivity contribution in [2.75, 3.05) is 32.9 Å². The molecule has 0 spiro atoms.